The smallest absolute Gasteiger partial charge is 0.319 e. The summed E-state index contributed by atoms with van der Waals surface area (Å²) in [5, 5.41) is 2.94. The molecule has 2 aliphatic rings. The molecule has 3 amide bonds. The molecule has 4 heteroatoms. The fourth-order valence-electron chi connectivity index (χ4n) is 3.61. The van der Waals surface area contributed by atoms with Crippen LogP contribution in [-0.2, 0) is 16.8 Å². The summed E-state index contributed by atoms with van der Waals surface area (Å²) < 4.78 is 0. The Morgan fingerprint density at radius 1 is 1.04 bits per heavy atom. The molecule has 1 aliphatic heterocycles. The van der Waals surface area contributed by atoms with Gasteiger partial charge < -0.3 is 5.32 Å². The minimum Gasteiger partial charge on any atom is -0.319 e. The number of nitrogens with one attached hydrogen (secondary N) is 1. The molecule has 120 valence electrons. The van der Waals surface area contributed by atoms with E-state index in [4.69, 9.17) is 0 Å². The number of carbonyl (C=O) groups excluding carboxylic acids is 2. The van der Waals surface area contributed by atoms with Gasteiger partial charge in [0, 0.05) is 6.54 Å². The van der Waals surface area contributed by atoms with E-state index in [1.807, 2.05) is 66.7 Å². The van der Waals surface area contributed by atoms with E-state index < -0.39 is 5.54 Å². The second-order valence-corrected chi connectivity index (χ2v) is 6.22. The fraction of sp³-hybridized carbons (Fsp3) is 0.200. The molecule has 1 saturated heterocycles. The van der Waals surface area contributed by atoms with Crippen LogP contribution in [0.25, 0.3) is 6.08 Å². The number of fused-ring (bicyclic) bond motifs is 2. The van der Waals surface area contributed by atoms with E-state index >= 15 is 0 Å². The van der Waals surface area contributed by atoms with Gasteiger partial charge in [-0.05, 0) is 29.5 Å². The van der Waals surface area contributed by atoms with Crippen LogP contribution < -0.4 is 5.32 Å². The van der Waals surface area contributed by atoms with Gasteiger partial charge in [-0.2, -0.15) is 0 Å². The number of amides is 3. The van der Waals surface area contributed by atoms with Crippen LogP contribution in [0, 0.1) is 0 Å². The van der Waals surface area contributed by atoms with Gasteiger partial charge in [-0.25, -0.2) is 4.79 Å². The lowest BCUT2D eigenvalue weighted by Crippen LogP contribution is -2.41. The second kappa shape index (κ2) is 5.64. The average Bonchev–Trinajstić information content (AvgIpc) is 3.09. The van der Waals surface area contributed by atoms with Gasteiger partial charge >= 0.3 is 6.03 Å². The van der Waals surface area contributed by atoms with Crippen LogP contribution in [0.1, 0.15) is 23.1 Å². The van der Waals surface area contributed by atoms with Crippen molar-refractivity contribution in [3.05, 3.63) is 77.4 Å². The lowest BCUT2D eigenvalue weighted by Gasteiger charge is -2.22. The standard InChI is InChI=1S/C20H18N2O2/c23-18-20(13-12-16-10-4-5-11-17(16)20)21-19(24)22(18)14-6-9-15-7-2-1-3-8-15/h1-11H,12-14H2,(H,21,24)/b9-6-/t20-/m0/s1. The first-order valence-electron chi connectivity index (χ1n) is 8.15. The largest absolute Gasteiger partial charge is 0.325 e. The van der Waals surface area contributed by atoms with Crippen LogP contribution in [0.4, 0.5) is 4.79 Å². The summed E-state index contributed by atoms with van der Waals surface area (Å²) in [6, 6.07) is 17.4. The number of imide groups is 1. The first-order valence-corrected chi connectivity index (χ1v) is 8.15. The minimum absolute atomic E-state index is 0.143. The van der Waals surface area contributed by atoms with Gasteiger partial charge in [-0.3, -0.25) is 9.69 Å². The molecule has 4 rings (SSSR count). The molecule has 2 aromatic carbocycles. The Bertz CT molecular complexity index is 829. The van der Waals surface area contributed by atoms with Crippen LogP contribution in [0.2, 0.25) is 0 Å². The summed E-state index contributed by atoms with van der Waals surface area (Å²) in [6.07, 6.45) is 5.23. The number of hydrogen-bond donors (Lipinski definition) is 1. The summed E-state index contributed by atoms with van der Waals surface area (Å²) >= 11 is 0. The SMILES string of the molecule is O=C1N[C@]2(CCc3ccccc32)C(=O)N1C/C=C\c1ccccc1. The first kappa shape index (κ1) is 14.7. The highest BCUT2D eigenvalue weighted by molar-refractivity contribution is 6.08. The van der Waals surface area contributed by atoms with Crippen molar-refractivity contribution in [3.63, 3.8) is 0 Å². The summed E-state index contributed by atoms with van der Waals surface area (Å²) in [5.41, 5.74) is 2.27. The molecule has 1 aliphatic carbocycles. The van der Waals surface area contributed by atoms with E-state index in [1.165, 1.54) is 4.90 Å². The maximum atomic E-state index is 13.0. The van der Waals surface area contributed by atoms with Crippen molar-refractivity contribution in [2.24, 2.45) is 0 Å². The number of benzene rings is 2. The van der Waals surface area contributed by atoms with E-state index in [1.54, 1.807) is 0 Å². The molecular weight excluding hydrogens is 300 g/mol. The lowest BCUT2D eigenvalue weighted by molar-refractivity contribution is -0.131. The molecule has 0 saturated carbocycles. The van der Waals surface area contributed by atoms with Gasteiger partial charge in [0.05, 0.1) is 0 Å². The van der Waals surface area contributed by atoms with E-state index in [0.717, 1.165) is 23.1 Å². The number of hydrogen-bond acceptors (Lipinski definition) is 2. The van der Waals surface area contributed by atoms with Crippen LogP contribution in [0.15, 0.2) is 60.7 Å². The molecule has 1 fully saturated rings. The highest BCUT2D eigenvalue weighted by Gasteiger charge is 2.54. The minimum atomic E-state index is -0.867. The first-order chi connectivity index (χ1) is 11.7. The zero-order valence-electron chi connectivity index (χ0n) is 13.2. The Morgan fingerprint density at radius 2 is 1.79 bits per heavy atom. The van der Waals surface area contributed by atoms with Gasteiger partial charge in [-0.1, -0.05) is 66.7 Å². The molecule has 0 bridgehead atoms. The van der Waals surface area contributed by atoms with Crippen molar-refractivity contribution in [1.29, 1.82) is 0 Å². The van der Waals surface area contributed by atoms with Crippen LogP contribution >= 0.6 is 0 Å². The monoisotopic (exact) mass is 318 g/mol. The number of aryl methyl sites for hydroxylation is 1. The van der Waals surface area contributed by atoms with Gasteiger partial charge in [0.25, 0.3) is 5.91 Å². The third-order valence-corrected chi connectivity index (χ3v) is 4.82. The van der Waals surface area contributed by atoms with Crippen molar-refractivity contribution in [3.8, 4) is 0 Å². The summed E-state index contributed by atoms with van der Waals surface area (Å²) in [4.78, 5) is 26.6. The fourth-order valence-corrected chi connectivity index (χ4v) is 3.61. The van der Waals surface area contributed by atoms with E-state index in [9.17, 15) is 9.59 Å². The van der Waals surface area contributed by atoms with Crippen molar-refractivity contribution >= 4 is 18.0 Å². The molecular formula is C20H18N2O2. The van der Waals surface area contributed by atoms with Gasteiger partial charge in [0.2, 0.25) is 0 Å². The molecule has 4 nitrogen and oxygen atoms in total. The summed E-state index contributed by atoms with van der Waals surface area (Å²) in [7, 11) is 0. The van der Waals surface area contributed by atoms with Gasteiger partial charge in [0.1, 0.15) is 5.54 Å². The van der Waals surface area contributed by atoms with E-state index in [2.05, 4.69) is 5.32 Å². The van der Waals surface area contributed by atoms with E-state index in [-0.39, 0.29) is 18.5 Å². The van der Waals surface area contributed by atoms with Crippen LogP contribution in [0.3, 0.4) is 0 Å². The Kier molecular flexibility index (Phi) is 3.45. The van der Waals surface area contributed by atoms with E-state index in [0.29, 0.717) is 6.42 Å². The summed E-state index contributed by atoms with van der Waals surface area (Å²) in [6.45, 7) is 0.281. The average molecular weight is 318 g/mol. The lowest BCUT2D eigenvalue weighted by atomic mass is 9.92. The molecule has 2 aromatic rings. The number of urea groups is 1. The molecule has 1 atom stereocenters. The summed E-state index contributed by atoms with van der Waals surface area (Å²) in [5.74, 6) is -0.143. The Balaban J connectivity index is 1.56. The third-order valence-electron chi connectivity index (χ3n) is 4.82. The molecule has 1 N–H and O–H groups in total. The molecule has 0 radical (unpaired) electrons. The quantitative estimate of drug-likeness (QED) is 0.884. The normalized spacial score (nSPS) is 22.4. The zero-order chi connectivity index (χ0) is 16.6. The molecule has 24 heavy (non-hydrogen) atoms. The zero-order valence-corrected chi connectivity index (χ0v) is 13.2. The Hall–Kier alpha value is -2.88. The highest BCUT2D eigenvalue weighted by Crippen LogP contribution is 2.41. The molecule has 1 heterocycles. The van der Waals surface area contributed by atoms with Crippen molar-refractivity contribution in [2.45, 2.75) is 18.4 Å². The predicted molar refractivity (Wildman–Crippen MR) is 92.2 cm³/mol. The molecule has 0 unspecified atom stereocenters. The second-order valence-electron chi connectivity index (χ2n) is 6.22. The van der Waals surface area contributed by atoms with Crippen LogP contribution in [0.5, 0.6) is 0 Å². The number of rotatable bonds is 3. The van der Waals surface area contributed by atoms with Crippen LogP contribution in [-0.4, -0.2) is 23.4 Å². The van der Waals surface area contributed by atoms with Gasteiger partial charge in [-0.15, -0.1) is 0 Å². The molecule has 1 spiro atoms. The third kappa shape index (κ3) is 2.22. The highest BCUT2D eigenvalue weighted by atomic mass is 16.2. The number of nitrogens with zero attached hydrogens (tertiary/aromatic N) is 1. The Morgan fingerprint density at radius 3 is 2.62 bits per heavy atom. The topological polar surface area (TPSA) is 49.4 Å². The van der Waals surface area contributed by atoms with Gasteiger partial charge in [0.15, 0.2) is 0 Å². The Labute approximate surface area is 140 Å². The van der Waals surface area contributed by atoms with Crippen molar-refractivity contribution in [2.75, 3.05) is 6.54 Å². The van der Waals surface area contributed by atoms with Crippen molar-refractivity contribution < 1.29 is 9.59 Å². The predicted octanol–water partition coefficient (Wildman–Crippen LogP) is 3.09. The van der Waals surface area contributed by atoms with Crippen molar-refractivity contribution in [1.82, 2.24) is 10.2 Å². The maximum Gasteiger partial charge on any atom is 0.325 e. The molecule has 0 aromatic heterocycles. The maximum absolute atomic E-state index is 13.0. The number of carbonyl (C=O) groups is 2.